The highest BCUT2D eigenvalue weighted by molar-refractivity contribution is 5.50. The van der Waals surface area contributed by atoms with Gasteiger partial charge in [-0.05, 0) is 25.0 Å². The molecule has 0 radical (unpaired) electrons. The van der Waals surface area contributed by atoms with Gasteiger partial charge in [-0.25, -0.2) is 4.39 Å². The number of nitrogens with zero attached hydrogens (tertiary/aromatic N) is 1. The molecule has 2 aliphatic heterocycles. The molecule has 0 unspecified atom stereocenters. The number of rotatable bonds is 3. The molecule has 3 nitrogen and oxygen atoms in total. The number of ether oxygens (including phenoxy) is 2. The number of halogens is 1. The van der Waals surface area contributed by atoms with Gasteiger partial charge in [-0.2, -0.15) is 0 Å². The van der Waals surface area contributed by atoms with Gasteiger partial charge in [0.25, 0.3) is 0 Å². The summed E-state index contributed by atoms with van der Waals surface area (Å²) in [6, 6.07) is 5.23. The summed E-state index contributed by atoms with van der Waals surface area (Å²) in [7, 11) is 0. The lowest BCUT2D eigenvalue weighted by Gasteiger charge is -2.27. The number of benzene rings is 1. The van der Waals surface area contributed by atoms with Gasteiger partial charge in [0.05, 0.1) is 13.2 Å². The van der Waals surface area contributed by atoms with E-state index < -0.39 is 0 Å². The molecule has 2 aliphatic rings. The van der Waals surface area contributed by atoms with Crippen LogP contribution in [0.15, 0.2) is 18.2 Å². The summed E-state index contributed by atoms with van der Waals surface area (Å²) in [5.41, 5.74) is 0.956. The van der Waals surface area contributed by atoms with E-state index in [0.717, 1.165) is 18.8 Å². The van der Waals surface area contributed by atoms with Gasteiger partial charge in [0.1, 0.15) is 6.10 Å². The van der Waals surface area contributed by atoms with Crippen molar-refractivity contribution in [2.75, 3.05) is 31.2 Å². The van der Waals surface area contributed by atoms with Gasteiger partial charge in [0, 0.05) is 24.8 Å². The summed E-state index contributed by atoms with van der Waals surface area (Å²) in [4.78, 5) is 2.21. The van der Waals surface area contributed by atoms with Crippen molar-refractivity contribution in [2.24, 2.45) is 0 Å². The molecule has 2 heterocycles. The van der Waals surface area contributed by atoms with E-state index >= 15 is 0 Å². The largest absolute Gasteiger partial charge is 0.483 e. The van der Waals surface area contributed by atoms with Gasteiger partial charge >= 0.3 is 0 Å². The fourth-order valence-corrected chi connectivity index (χ4v) is 2.22. The van der Waals surface area contributed by atoms with Crippen LogP contribution in [-0.4, -0.2) is 32.4 Å². The first-order valence-electron chi connectivity index (χ1n) is 6.12. The highest BCUT2D eigenvalue weighted by Gasteiger charge is 2.22. The van der Waals surface area contributed by atoms with Gasteiger partial charge in [-0.1, -0.05) is 0 Å². The second-order valence-electron chi connectivity index (χ2n) is 4.59. The van der Waals surface area contributed by atoms with Crippen molar-refractivity contribution >= 4 is 5.69 Å². The smallest absolute Gasteiger partial charge is 0.167 e. The average molecular weight is 237 g/mol. The zero-order chi connectivity index (χ0) is 11.7. The van der Waals surface area contributed by atoms with E-state index in [4.69, 9.17) is 9.47 Å². The van der Waals surface area contributed by atoms with Crippen molar-refractivity contribution in [1.29, 1.82) is 0 Å². The number of hydrogen-bond acceptors (Lipinski definition) is 3. The molecule has 4 heteroatoms. The molecule has 2 fully saturated rings. The van der Waals surface area contributed by atoms with Crippen LogP contribution in [0.25, 0.3) is 0 Å². The summed E-state index contributed by atoms with van der Waals surface area (Å²) in [5.74, 6) is 0.0579. The summed E-state index contributed by atoms with van der Waals surface area (Å²) >= 11 is 0. The fourth-order valence-electron chi connectivity index (χ4n) is 2.22. The third-order valence-corrected chi connectivity index (χ3v) is 3.29. The van der Waals surface area contributed by atoms with Crippen LogP contribution in [0.5, 0.6) is 5.75 Å². The lowest BCUT2D eigenvalue weighted by Crippen LogP contribution is -2.38. The van der Waals surface area contributed by atoms with Crippen LogP contribution in [-0.2, 0) is 4.74 Å². The zero-order valence-electron chi connectivity index (χ0n) is 9.69. The summed E-state index contributed by atoms with van der Waals surface area (Å²) in [6.07, 6.45) is 2.40. The fraction of sp³-hybridized carbons (Fsp3) is 0.538. The standard InChI is InChI=1S/C13H16FNO2/c14-12-7-10(15-5-1-2-6-15)3-4-13(12)17-11-8-16-9-11/h3-4,7,11H,1-2,5-6,8-9H2. The van der Waals surface area contributed by atoms with E-state index in [0.29, 0.717) is 19.0 Å². The Bertz CT molecular complexity index is 400. The molecule has 0 amide bonds. The molecule has 92 valence electrons. The van der Waals surface area contributed by atoms with E-state index in [9.17, 15) is 4.39 Å². The lowest BCUT2D eigenvalue weighted by atomic mass is 10.2. The maximum absolute atomic E-state index is 13.8. The monoisotopic (exact) mass is 237 g/mol. The van der Waals surface area contributed by atoms with Crippen LogP contribution in [0.2, 0.25) is 0 Å². The van der Waals surface area contributed by atoms with Crippen LogP contribution in [0, 0.1) is 5.82 Å². The zero-order valence-corrected chi connectivity index (χ0v) is 9.69. The third kappa shape index (κ3) is 2.22. The normalized spacial score (nSPS) is 20.4. The molecule has 0 spiro atoms. The van der Waals surface area contributed by atoms with Crippen molar-refractivity contribution in [1.82, 2.24) is 0 Å². The topological polar surface area (TPSA) is 21.7 Å². The minimum Gasteiger partial charge on any atom is -0.483 e. The molecule has 17 heavy (non-hydrogen) atoms. The van der Waals surface area contributed by atoms with Crippen LogP contribution >= 0.6 is 0 Å². The second kappa shape index (κ2) is 4.53. The van der Waals surface area contributed by atoms with Crippen molar-refractivity contribution in [3.05, 3.63) is 24.0 Å². The van der Waals surface area contributed by atoms with Crippen LogP contribution in [0.1, 0.15) is 12.8 Å². The average Bonchev–Trinajstić information content (AvgIpc) is 2.78. The van der Waals surface area contributed by atoms with Crippen molar-refractivity contribution in [2.45, 2.75) is 18.9 Å². The maximum atomic E-state index is 13.8. The molecule has 1 aromatic rings. The van der Waals surface area contributed by atoms with E-state index in [2.05, 4.69) is 4.90 Å². The minimum absolute atomic E-state index is 0.0159. The first-order valence-corrected chi connectivity index (χ1v) is 6.12. The molecule has 1 aromatic carbocycles. The first-order chi connectivity index (χ1) is 8.33. The Hall–Kier alpha value is -1.29. The number of anilines is 1. The van der Waals surface area contributed by atoms with Crippen molar-refractivity contribution in [3.8, 4) is 5.75 Å². The summed E-state index contributed by atoms with van der Waals surface area (Å²) in [5, 5.41) is 0. The third-order valence-electron chi connectivity index (χ3n) is 3.29. The molecule has 3 rings (SSSR count). The molecular weight excluding hydrogens is 221 g/mol. The minimum atomic E-state index is -0.277. The molecule has 0 N–H and O–H groups in total. The Morgan fingerprint density at radius 1 is 1.24 bits per heavy atom. The van der Waals surface area contributed by atoms with E-state index in [1.807, 2.05) is 6.07 Å². The van der Waals surface area contributed by atoms with Gasteiger partial charge in [-0.3, -0.25) is 0 Å². The van der Waals surface area contributed by atoms with Crippen LogP contribution < -0.4 is 9.64 Å². The van der Waals surface area contributed by atoms with Gasteiger partial charge < -0.3 is 14.4 Å². The molecule has 2 saturated heterocycles. The van der Waals surface area contributed by atoms with E-state index in [1.165, 1.54) is 12.8 Å². The highest BCUT2D eigenvalue weighted by atomic mass is 19.1. The second-order valence-corrected chi connectivity index (χ2v) is 4.59. The van der Waals surface area contributed by atoms with E-state index in [1.54, 1.807) is 12.1 Å². The highest BCUT2D eigenvalue weighted by Crippen LogP contribution is 2.27. The molecule has 0 aliphatic carbocycles. The molecule has 0 aromatic heterocycles. The maximum Gasteiger partial charge on any atom is 0.167 e. The van der Waals surface area contributed by atoms with Gasteiger partial charge in [0.2, 0.25) is 0 Å². The Balaban J connectivity index is 1.73. The van der Waals surface area contributed by atoms with Crippen molar-refractivity contribution < 1.29 is 13.9 Å². The Morgan fingerprint density at radius 3 is 2.59 bits per heavy atom. The first kappa shape index (κ1) is 10.8. The predicted octanol–water partition coefficient (Wildman–Crippen LogP) is 2.20. The summed E-state index contributed by atoms with van der Waals surface area (Å²) in [6.45, 7) is 3.17. The predicted molar refractivity (Wildman–Crippen MR) is 63.1 cm³/mol. The van der Waals surface area contributed by atoms with Crippen molar-refractivity contribution in [3.63, 3.8) is 0 Å². The Morgan fingerprint density at radius 2 is 2.00 bits per heavy atom. The van der Waals surface area contributed by atoms with Gasteiger partial charge in [0.15, 0.2) is 11.6 Å². The quantitative estimate of drug-likeness (QED) is 0.804. The summed E-state index contributed by atoms with van der Waals surface area (Å²) < 4.78 is 24.3. The SMILES string of the molecule is Fc1cc(N2CCCC2)ccc1OC1COC1. The van der Waals surface area contributed by atoms with Gasteiger partial charge in [-0.15, -0.1) is 0 Å². The van der Waals surface area contributed by atoms with Crippen LogP contribution in [0.4, 0.5) is 10.1 Å². The van der Waals surface area contributed by atoms with E-state index in [-0.39, 0.29) is 11.9 Å². The molecule has 0 bridgehead atoms. The number of hydrogen-bond donors (Lipinski definition) is 0. The molecule has 0 atom stereocenters. The lowest BCUT2D eigenvalue weighted by molar-refractivity contribution is -0.0808. The Labute approximate surface area is 100 Å². The molecule has 0 saturated carbocycles. The van der Waals surface area contributed by atoms with Crippen LogP contribution in [0.3, 0.4) is 0 Å². The Kier molecular flexibility index (Phi) is 2.89. The molecular formula is C13H16FNO2.